The second-order valence-corrected chi connectivity index (χ2v) is 5.95. The number of hydrogen-bond donors (Lipinski definition) is 0. The molecule has 0 spiro atoms. The molecule has 2 heteroatoms. The normalized spacial score (nSPS) is 10.2. The zero-order chi connectivity index (χ0) is 14.4. The average molecular weight is 330 g/mol. The lowest BCUT2D eigenvalue weighted by molar-refractivity contribution is 0.861. The van der Waals surface area contributed by atoms with Crippen molar-refractivity contribution in [1.82, 2.24) is 0 Å². The Bertz CT molecular complexity index is 571. The first-order valence-corrected chi connectivity index (χ1v) is 7.63. The quantitative estimate of drug-likeness (QED) is 0.662. The van der Waals surface area contributed by atoms with Crippen LogP contribution in [0.15, 0.2) is 70.7 Å². The van der Waals surface area contributed by atoms with Gasteiger partial charge in [-0.3, -0.25) is 0 Å². The van der Waals surface area contributed by atoms with E-state index in [4.69, 9.17) is 0 Å². The van der Waals surface area contributed by atoms with Gasteiger partial charge in [-0.1, -0.05) is 54.1 Å². The summed E-state index contributed by atoms with van der Waals surface area (Å²) in [5.74, 6) is 0. The van der Waals surface area contributed by atoms with Gasteiger partial charge in [-0.05, 0) is 47.5 Å². The van der Waals surface area contributed by atoms with E-state index in [-0.39, 0.29) is 0 Å². The maximum atomic E-state index is 3.65. The minimum absolute atomic E-state index is 0.910. The van der Waals surface area contributed by atoms with Crippen LogP contribution in [0, 0.1) is 0 Å². The van der Waals surface area contributed by atoms with Gasteiger partial charge in [-0.2, -0.15) is 0 Å². The van der Waals surface area contributed by atoms with Crippen LogP contribution in [-0.4, -0.2) is 6.54 Å². The molecule has 0 aliphatic rings. The lowest BCUT2D eigenvalue weighted by Gasteiger charge is -2.25. The van der Waals surface area contributed by atoms with Gasteiger partial charge in [0.05, 0.1) is 5.69 Å². The van der Waals surface area contributed by atoms with Crippen LogP contribution < -0.4 is 4.90 Å². The molecule has 0 aliphatic heterocycles. The van der Waals surface area contributed by atoms with E-state index >= 15 is 0 Å². The van der Waals surface area contributed by atoms with Crippen molar-refractivity contribution in [2.75, 3.05) is 11.4 Å². The number of benzene rings is 2. The van der Waals surface area contributed by atoms with E-state index in [2.05, 4.69) is 95.4 Å². The predicted octanol–water partition coefficient (Wildman–Crippen LogP) is 5.42. The van der Waals surface area contributed by atoms with E-state index in [1.807, 2.05) is 0 Å². The van der Waals surface area contributed by atoms with Crippen molar-refractivity contribution < 1.29 is 0 Å². The first kappa shape index (κ1) is 14.9. The van der Waals surface area contributed by atoms with E-state index in [9.17, 15) is 0 Å². The highest BCUT2D eigenvalue weighted by Gasteiger charge is 2.09. The van der Waals surface area contributed by atoms with Gasteiger partial charge in [-0.25, -0.2) is 0 Å². The van der Waals surface area contributed by atoms with Crippen LogP contribution in [0.3, 0.4) is 0 Å². The molecule has 0 atom stereocenters. The van der Waals surface area contributed by atoms with Gasteiger partial charge >= 0.3 is 0 Å². The summed E-state index contributed by atoms with van der Waals surface area (Å²) >= 11 is 3.65. The second-order valence-electron chi connectivity index (χ2n) is 5.10. The molecule has 2 rings (SSSR count). The first-order chi connectivity index (χ1) is 9.66. The molecule has 0 aliphatic carbocycles. The number of halogens is 1. The summed E-state index contributed by atoms with van der Waals surface area (Å²) in [4.78, 5) is 2.38. The smallest absolute Gasteiger partial charge is 0.0516 e. The minimum atomic E-state index is 0.910. The summed E-state index contributed by atoms with van der Waals surface area (Å²) in [6, 6.07) is 19.0. The zero-order valence-corrected chi connectivity index (χ0v) is 13.6. The van der Waals surface area contributed by atoms with Crippen LogP contribution in [0.2, 0.25) is 0 Å². The van der Waals surface area contributed by atoms with Crippen LogP contribution in [0.5, 0.6) is 0 Å². The maximum absolute atomic E-state index is 3.65. The van der Waals surface area contributed by atoms with Gasteiger partial charge in [0.2, 0.25) is 0 Å². The van der Waals surface area contributed by atoms with Gasteiger partial charge in [0.15, 0.2) is 0 Å². The Morgan fingerprint density at radius 2 is 1.65 bits per heavy atom. The Balaban J connectivity index is 2.25. The van der Waals surface area contributed by atoms with Crippen molar-refractivity contribution in [2.45, 2.75) is 20.4 Å². The summed E-state index contributed by atoms with van der Waals surface area (Å²) in [5, 5.41) is 0. The number of anilines is 1. The van der Waals surface area contributed by atoms with Gasteiger partial charge in [0, 0.05) is 17.6 Å². The monoisotopic (exact) mass is 329 g/mol. The lowest BCUT2D eigenvalue weighted by Crippen LogP contribution is -2.23. The highest BCUT2D eigenvalue weighted by molar-refractivity contribution is 9.10. The van der Waals surface area contributed by atoms with Crippen LogP contribution >= 0.6 is 15.9 Å². The molecule has 2 aromatic carbocycles. The van der Waals surface area contributed by atoms with Crippen LogP contribution in [0.4, 0.5) is 5.69 Å². The number of rotatable bonds is 5. The lowest BCUT2D eigenvalue weighted by atomic mass is 10.2. The van der Waals surface area contributed by atoms with Gasteiger partial charge in [0.25, 0.3) is 0 Å². The van der Waals surface area contributed by atoms with E-state index in [1.54, 1.807) is 0 Å². The number of hydrogen-bond acceptors (Lipinski definition) is 1. The topological polar surface area (TPSA) is 3.24 Å². The van der Waals surface area contributed by atoms with E-state index < -0.39 is 0 Å². The molecule has 0 bridgehead atoms. The molecule has 2 aromatic rings. The summed E-state index contributed by atoms with van der Waals surface area (Å²) in [6.45, 7) is 6.11. The Labute approximate surface area is 130 Å². The number of para-hydroxylation sites is 1. The zero-order valence-electron chi connectivity index (χ0n) is 12.0. The Morgan fingerprint density at radius 1 is 1.00 bits per heavy atom. The molecule has 0 saturated carbocycles. The SMILES string of the molecule is CC(C)=CCN(Cc1ccccc1)c1ccccc1Br. The molecule has 20 heavy (non-hydrogen) atoms. The third kappa shape index (κ3) is 4.24. The van der Waals surface area contributed by atoms with Crippen LogP contribution in [0.1, 0.15) is 19.4 Å². The van der Waals surface area contributed by atoms with Crippen molar-refractivity contribution in [1.29, 1.82) is 0 Å². The van der Waals surface area contributed by atoms with E-state index in [0.717, 1.165) is 17.6 Å². The summed E-state index contributed by atoms with van der Waals surface area (Å²) in [7, 11) is 0. The van der Waals surface area contributed by atoms with E-state index in [0.29, 0.717) is 0 Å². The molecular formula is C18H20BrN. The van der Waals surface area contributed by atoms with Gasteiger partial charge in [-0.15, -0.1) is 0 Å². The van der Waals surface area contributed by atoms with Crippen molar-refractivity contribution in [3.63, 3.8) is 0 Å². The largest absolute Gasteiger partial charge is 0.363 e. The maximum Gasteiger partial charge on any atom is 0.0516 e. The molecular weight excluding hydrogens is 310 g/mol. The van der Waals surface area contributed by atoms with Gasteiger partial charge < -0.3 is 4.90 Å². The molecule has 0 N–H and O–H groups in total. The molecule has 0 amide bonds. The fourth-order valence-electron chi connectivity index (χ4n) is 2.05. The summed E-state index contributed by atoms with van der Waals surface area (Å²) in [6.07, 6.45) is 2.27. The van der Waals surface area contributed by atoms with Crippen LogP contribution in [-0.2, 0) is 6.54 Å². The predicted molar refractivity (Wildman–Crippen MR) is 91.1 cm³/mol. The summed E-state index contributed by atoms with van der Waals surface area (Å²) < 4.78 is 1.14. The molecule has 0 saturated heterocycles. The summed E-state index contributed by atoms with van der Waals surface area (Å²) in [5.41, 5.74) is 3.90. The molecule has 0 heterocycles. The third-order valence-corrected chi connectivity index (χ3v) is 3.80. The highest BCUT2D eigenvalue weighted by Crippen LogP contribution is 2.27. The second kappa shape index (κ2) is 7.30. The van der Waals surface area contributed by atoms with Crippen LogP contribution in [0.25, 0.3) is 0 Å². The fourth-order valence-corrected chi connectivity index (χ4v) is 2.59. The third-order valence-electron chi connectivity index (χ3n) is 3.13. The van der Waals surface area contributed by atoms with Gasteiger partial charge in [0.1, 0.15) is 0 Å². The first-order valence-electron chi connectivity index (χ1n) is 6.83. The molecule has 0 radical (unpaired) electrons. The van der Waals surface area contributed by atoms with Crippen molar-refractivity contribution in [3.8, 4) is 0 Å². The number of nitrogens with zero attached hydrogens (tertiary/aromatic N) is 1. The van der Waals surface area contributed by atoms with Crippen molar-refractivity contribution in [2.24, 2.45) is 0 Å². The highest BCUT2D eigenvalue weighted by atomic mass is 79.9. The fraction of sp³-hybridized carbons (Fsp3) is 0.222. The molecule has 0 fully saturated rings. The molecule has 0 unspecified atom stereocenters. The van der Waals surface area contributed by atoms with E-state index in [1.165, 1.54) is 16.8 Å². The molecule has 104 valence electrons. The number of allylic oxidation sites excluding steroid dienone is 1. The minimum Gasteiger partial charge on any atom is -0.363 e. The Hall–Kier alpha value is -1.54. The molecule has 1 nitrogen and oxygen atoms in total. The Morgan fingerprint density at radius 3 is 2.30 bits per heavy atom. The van der Waals surface area contributed by atoms with Crippen molar-refractivity contribution in [3.05, 3.63) is 76.3 Å². The Kier molecular flexibility index (Phi) is 5.42. The standard InChI is InChI=1S/C18H20BrN/c1-15(2)12-13-20(14-16-8-4-3-5-9-16)18-11-7-6-10-17(18)19/h3-12H,13-14H2,1-2H3. The molecule has 0 aromatic heterocycles. The van der Waals surface area contributed by atoms with Crippen molar-refractivity contribution >= 4 is 21.6 Å². The average Bonchev–Trinajstić information content (AvgIpc) is 2.45.